The van der Waals surface area contributed by atoms with Gasteiger partial charge in [-0.25, -0.2) is 4.79 Å². The van der Waals surface area contributed by atoms with Crippen LogP contribution in [0.1, 0.15) is 0 Å². The van der Waals surface area contributed by atoms with Gasteiger partial charge in [0.15, 0.2) is 6.61 Å². The number of carbonyl (C=O) groups excluding carboxylic acids is 1. The number of rotatable bonds is 5. The molecule has 0 spiro atoms. The second-order valence-corrected chi connectivity index (χ2v) is 6.57. The number of hydrogen-bond donors (Lipinski definition) is 0. The summed E-state index contributed by atoms with van der Waals surface area (Å²) in [6.45, 7) is -0.307. The number of benzene rings is 3. The Morgan fingerprint density at radius 2 is 1.38 bits per heavy atom. The van der Waals surface area contributed by atoms with Crippen LogP contribution in [-0.2, 0) is 4.79 Å². The van der Waals surface area contributed by atoms with Crippen molar-refractivity contribution in [2.45, 2.75) is 0 Å². The van der Waals surface area contributed by atoms with E-state index in [0.29, 0.717) is 10.8 Å². The molecule has 0 atom stereocenters. The highest BCUT2D eigenvalue weighted by Crippen LogP contribution is 2.33. The van der Waals surface area contributed by atoms with Crippen molar-refractivity contribution in [3.8, 4) is 22.6 Å². The number of halogens is 3. The van der Waals surface area contributed by atoms with E-state index in [2.05, 4.69) is 0 Å². The van der Waals surface area contributed by atoms with Crippen molar-refractivity contribution in [3.05, 3.63) is 81.8 Å². The maximum atomic E-state index is 12.0. The number of ether oxygens (including phenoxy) is 2. The molecule has 0 heterocycles. The summed E-state index contributed by atoms with van der Waals surface area (Å²) in [5, 5.41) is 0.862. The zero-order valence-electron chi connectivity index (χ0n) is 13.4. The van der Waals surface area contributed by atoms with Gasteiger partial charge in [-0.15, -0.1) is 0 Å². The minimum Gasteiger partial charge on any atom is -0.480 e. The Labute approximate surface area is 166 Å². The standard InChI is InChI=1S/C20H13Cl3O3/c21-16-10-18(23)19(11-17(16)22)25-12-20(24)26-15-8-6-14(7-9-15)13-4-2-1-3-5-13/h1-11H,12H2. The normalized spacial score (nSPS) is 10.4. The average Bonchev–Trinajstić information content (AvgIpc) is 2.65. The van der Waals surface area contributed by atoms with Gasteiger partial charge in [0.25, 0.3) is 0 Å². The Hall–Kier alpha value is -2.20. The number of esters is 1. The fraction of sp³-hybridized carbons (Fsp3) is 0.0500. The third kappa shape index (κ3) is 4.70. The molecule has 0 saturated heterocycles. The molecular formula is C20H13Cl3O3. The molecule has 26 heavy (non-hydrogen) atoms. The molecule has 0 amide bonds. The molecule has 132 valence electrons. The molecule has 3 aromatic carbocycles. The van der Waals surface area contributed by atoms with Gasteiger partial charge in [-0.2, -0.15) is 0 Å². The van der Waals surface area contributed by atoms with Crippen LogP contribution in [-0.4, -0.2) is 12.6 Å². The maximum Gasteiger partial charge on any atom is 0.349 e. The van der Waals surface area contributed by atoms with E-state index in [1.165, 1.54) is 12.1 Å². The van der Waals surface area contributed by atoms with Crippen LogP contribution in [0.25, 0.3) is 11.1 Å². The van der Waals surface area contributed by atoms with Gasteiger partial charge in [-0.3, -0.25) is 0 Å². The predicted octanol–water partition coefficient (Wildman–Crippen LogP) is 6.30. The van der Waals surface area contributed by atoms with Crippen molar-refractivity contribution in [1.82, 2.24) is 0 Å². The lowest BCUT2D eigenvalue weighted by Gasteiger charge is -2.09. The van der Waals surface area contributed by atoms with Crippen molar-refractivity contribution < 1.29 is 14.3 Å². The quantitative estimate of drug-likeness (QED) is 0.283. The Morgan fingerprint density at radius 1 is 0.769 bits per heavy atom. The molecule has 0 aliphatic heterocycles. The first-order valence-corrected chi connectivity index (χ1v) is 8.80. The molecule has 3 rings (SSSR count). The van der Waals surface area contributed by atoms with Crippen LogP contribution in [0.4, 0.5) is 0 Å². The number of hydrogen-bond acceptors (Lipinski definition) is 3. The second kappa shape index (κ2) is 8.45. The van der Waals surface area contributed by atoms with Crippen LogP contribution in [0.3, 0.4) is 0 Å². The number of carbonyl (C=O) groups is 1. The molecule has 0 radical (unpaired) electrons. The van der Waals surface area contributed by atoms with E-state index in [4.69, 9.17) is 44.3 Å². The SMILES string of the molecule is O=C(COc1cc(Cl)c(Cl)cc1Cl)Oc1ccc(-c2ccccc2)cc1. The van der Waals surface area contributed by atoms with E-state index in [-0.39, 0.29) is 22.4 Å². The minimum atomic E-state index is -0.556. The van der Waals surface area contributed by atoms with Crippen molar-refractivity contribution in [3.63, 3.8) is 0 Å². The van der Waals surface area contributed by atoms with E-state index < -0.39 is 5.97 Å². The third-order valence-corrected chi connectivity index (χ3v) is 4.53. The average molecular weight is 408 g/mol. The lowest BCUT2D eigenvalue weighted by atomic mass is 10.1. The van der Waals surface area contributed by atoms with Crippen LogP contribution in [0.5, 0.6) is 11.5 Å². The molecule has 0 unspecified atom stereocenters. The van der Waals surface area contributed by atoms with Gasteiger partial charge in [0.2, 0.25) is 0 Å². The zero-order valence-corrected chi connectivity index (χ0v) is 15.7. The van der Waals surface area contributed by atoms with Crippen LogP contribution in [0, 0.1) is 0 Å². The van der Waals surface area contributed by atoms with Gasteiger partial charge < -0.3 is 9.47 Å². The molecule has 3 nitrogen and oxygen atoms in total. The van der Waals surface area contributed by atoms with Crippen LogP contribution in [0.2, 0.25) is 15.1 Å². The largest absolute Gasteiger partial charge is 0.480 e. The van der Waals surface area contributed by atoms with E-state index >= 15 is 0 Å². The summed E-state index contributed by atoms with van der Waals surface area (Å²) in [6.07, 6.45) is 0. The highest BCUT2D eigenvalue weighted by atomic mass is 35.5. The first-order valence-electron chi connectivity index (χ1n) is 7.66. The minimum absolute atomic E-state index is 0.262. The van der Waals surface area contributed by atoms with Gasteiger partial charge in [0, 0.05) is 6.07 Å². The molecule has 0 aliphatic carbocycles. The Balaban J connectivity index is 1.59. The Kier molecular flexibility index (Phi) is 6.04. The maximum absolute atomic E-state index is 12.0. The summed E-state index contributed by atoms with van der Waals surface area (Å²) >= 11 is 17.8. The lowest BCUT2D eigenvalue weighted by molar-refractivity contribution is -0.136. The topological polar surface area (TPSA) is 35.5 Å². The highest BCUT2D eigenvalue weighted by molar-refractivity contribution is 6.43. The van der Waals surface area contributed by atoms with Gasteiger partial charge in [0.05, 0.1) is 15.1 Å². The third-order valence-electron chi connectivity index (χ3n) is 3.51. The second-order valence-electron chi connectivity index (χ2n) is 5.35. The van der Waals surface area contributed by atoms with Crippen LogP contribution in [0.15, 0.2) is 66.7 Å². The van der Waals surface area contributed by atoms with Crippen molar-refractivity contribution in [2.75, 3.05) is 6.61 Å². The molecule has 0 N–H and O–H groups in total. The smallest absolute Gasteiger partial charge is 0.349 e. The summed E-state index contributed by atoms with van der Waals surface area (Å²) in [5.74, 6) is 0.135. The molecule has 0 aliphatic rings. The van der Waals surface area contributed by atoms with Gasteiger partial charge >= 0.3 is 5.97 Å². The van der Waals surface area contributed by atoms with E-state index in [1.54, 1.807) is 12.1 Å². The van der Waals surface area contributed by atoms with Crippen LogP contribution < -0.4 is 9.47 Å². The highest BCUT2D eigenvalue weighted by Gasteiger charge is 2.11. The summed E-state index contributed by atoms with van der Waals surface area (Å²) in [7, 11) is 0. The lowest BCUT2D eigenvalue weighted by Crippen LogP contribution is -2.17. The summed E-state index contributed by atoms with van der Waals surface area (Å²) in [4.78, 5) is 12.0. The van der Waals surface area contributed by atoms with Crippen molar-refractivity contribution in [2.24, 2.45) is 0 Å². The van der Waals surface area contributed by atoms with Crippen molar-refractivity contribution in [1.29, 1.82) is 0 Å². The monoisotopic (exact) mass is 406 g/mol. The summed E-state index contributed by atoms with van der Waals surface area (Å²) in [6, 6.07) is 20.0. The zero-order chi connectivity index (χ0) is 18.5. The van der Waals surface area contributed by atoms with Gasteiger partial charge in [0.1, 0.15) is 11.5 Å². The summed E-state index contributed by atoms with van der Waals surface area (Å²) < 4.78 is 10.6. The first-order chi connectivity index (χ1) is 12.5. The first kappa shape index (κ1) is 18.6. The fourth-order valence-electron chi connectivity index (χ4n) is 2.26. The summed E-state index contributed by atoms with van der Waals surface area (Å²) in [5.41, 5.74) is 2.12. The van der Waals surface area contributed by atoms with E-state index in [9.17, 15) is 4.79 Å². The van der Waals surface area contributed by atoms with E-state index in [0.717, 1.165) is 11.1 Å². The Bertz CT molecular complexity index is 910. The molecular weight excluding hydrogens is 395 g/mol. The molecule has 0 fully saturated rings. The van der Waals surface area contributed by atoms with Gasteiger partial charge in [-0.05, 0) is 29.3 Å². The molecule has 6 heteroatoms. The van der Waals surface area contributed by atoms with Crippen molar-refractivity contribution >= 4 is 40.8 Å². The van der Waals surface area contributed by atoms with E-state index in [1.807, 2.05) is 42.5 Å². The Morgan fingerprint density at radius 3 is 2.08 bits per heavy atom. The van der Waals surface area contributed by atoms with Gasteiger partial charge in [-0.1, -0.05) is 77.3 Å². The fourth-order valence-corrected chi connectivity index (χ4v) is 2.85. The van der Waals surface area contributed by atoms with Crippen LogP contribution >= 0.6 is 34.8 Å². The molecule has 3 aromatic rings. The molecule has 0 saturated carbocycles. The molecule has 0 bridgehead atoms. The molecule has 0 aromatic heterocycles. The predicted molar refractivity (Wildman–Crippen MR) is 104 cm³/mol.